The molecule has 6 nitrogen and oxygen atoms in total. The van der Waals surface area contributed by atoms with E-state index in [1.54, 1.807) is 24.5 Å². The van der Waals surface area contributed by atoms with Gasteiger partial charge in [0.2, 0.25) is 5.95 Å². The SMILES string of the molecule is Nc1nc(Cl)cc(N2CCCCC[C@H]2C[C@H](O)c2ccco2)n1. The van der Waals surface area contributed by atoms with Crippen molar-refractivity contribution in [2.45, 2.75) is 44.2 Å². The Morgan fingerprint density at radius 3 is 3.00 bits per heavy atom. The molecule has 7 heteroatoms. The molecule has 3 heterocycles. The number of nitrogens with zero attached hydrogens (tertiary/aromatic N) is 3. The van der Waals surface area contributed by atoms with Crippen molar-refractivity contribution in [2.24, 2.45) is 0 Å². The number of anilines is 2. The highest BCUT2D eigenvalue weighted by Crippen LogP contribution is 2.30. The molecule has 0 saturated carbocycles. The highest BCUT2D eigenvalue weighted by atomic mass is 35.5. The van der Waals surface area contributed by atoms with E-state index in [0.717, 1.165) is 38.0 Å². The average Bonchev–Trinajstić information content (AvgIpc) is 2.94. The summed E-state index contributed by atoms with van der Waals surface area (Å²) in [6.45, 7) is 0.863. The predicted molar refractivity (Wildman–Crippen MR) is 89.3 cm³/mol. The first kappa shape index (κ1) is 16.1. The molecule has 2 aromatic heterocycles. The number of furan rings is 1. The molecule has 3 N–H and O–H groups in total. The van der Waals surface area contributed by atoms with Crippen LogP contribution in [0.5, 0.6) is 0 Å². The molecule has 0 aliphatic carbocycles. The Labute approximate surface area is 140 Å². The van der Waals surface area contributed by atoms with E-state index in [2.05, 4.69) is 14.9 Å². The third kappa shape index (κ3) is 3.95. The third-order valence-electron chi connectivity index (χ3n) is 4.24. The first-order valence-electron chi connectivity index (χ1n) is 7.91. The van der Waals surface area contributed by atoms with Crippen molar-refractivity contribution < 1.29 is 9.52 Å². The van der Waals surface area contributed by atoms with E-state index in [0.29, 0.717) is 17.3 Å². The molecule has 1 fully saturated rings. The molecule has 1 aliphatic heterocycles. The smallest absolute Gasteiger partial charge is 0.223 e. The van der Waals surface area contributed by atoms with Crippen molar-refractivity contribution in [3.63, 3.8) is 0 Å². The summed E-state index contributed by atoms with van der Waals surface area (Å²) in [7, 11) is 0. The van der Waals surface area contributed by atoms with Crippen molar-refractivity contribution in [1.29, 1.82) is 0 Å². The maximum absolute atomic E-state index is 10.4. The van der Waals surface area contributed by atoms with Crippen LogP contribution in [0.15, 0.2) is 28.9 Å². The summed E-state index contributed by atoms with van der Waals surface area (Å²) in [5, 5.41) is 10.8. The predicted octanol–water partition coefficient (Wildman–Crippen LogP) is 3.18. The molecule has 0 bridgehead atoms. The summed E-state index contributed by atoms with van der Waals surface area (Å²) in [5.41, 5.74) is 5.73. The summed E-state index contributed by atoms with van der Waals surface area (Å²) in [6, 6.07) is 5.47. The minimum atomic E-state index is -0.634. The van der Waals surface area contributed by atoms with Gasteiger partial charge in [-0.15, -0.1) is 0 Å². The number of rotatable bonds is 4. The van der Waals surface area contributed by atoms with Crippen molar-refractivity contribution in [3.05, 3.63) is 35.4 Å². The molecule has 0 radical (unpaired) electrons. The van der Waals surface area contributed by atoms with E-state index in [1.807, 2.05) is 0 Å². The fourth-order valence-electron chi connectivity index (χ4n) is 3.15. The molecule has 2 aromatic rings. The van der Waals surface area contributed by atoms with Crippen molar-refractivity contribution in [2.75, 3.05) is 17.2 Å². The van der Waals surface area contributed by atoms with Gasteiger partial charge >= 0.3 is 0 Å². The number of nitrogen functional groups attached to an aromatic ring is 1. The summed E-state index contributed by atoms with van der Waals surface area (Å²) >= 11 is 6.02. The molecule has 0 spiro atoms. The fourth-order valence-corrected chi connectivity index (χ4v) is 3.33. The molecule has 0 unspecified atom stereocenters. The number of aliphatic hydroxyl groups is 1. The van der Waals surface area contributed by atoms with Crippen LogP contribution in [0, 0.1) is 0 Å². The van der Waals surface area contributed by atoms with Crippen LogP contribution in [-0.4, -0.2) is 27.7 Å². The first-order valence-corrected chi connectivity index (χ1v) is 8.29. The zero-order chi connectivity index (χ0) is 16.2. The van der Waals surface area contributed by atoms with E-state index >= 15 is 0 Å². The maximum atomic E-state index is 10.4. The summed E-state index contributed by atoms with van der Waals surface area (Å²) in [5.74, 6) is 1.48. The number of hydrogen-bond donors (Lipinski definition) is 2. The molecule has 0 amide bonds. The van der Waals surface area contributed by atoms with Crippen LogP contribution >= 0.6 is 11.6 Å². The quantitative estimate of drug-likeness (QED) is 0.834. The van der Waals surface area contributed by atoms with Gasteiger partial charge in [0.25, 0.3) is 0 Å². The minimum absolute atomic E-state index is 0.156. The Kier molecular flexibility index (Phi) is 5.03. The summed E-state index contributed by atoms with van der Waals surface area (Å²) in [6.07, 6.45) is 5.88. The number of hydrogen-bond acceptors (Lipinski definition) is 6. The third-order valence-corrected chi connectivity index (χ3v) is 4.43. The number of aliphatic hydroxyl groups excluding tert-OH is 1. The molecule has 1 aliphatic rings. The van der Waals surface area contributed by atoms with Gasteiger partial charge in [0.05, 0.1) is 6.26 Å². The Hall–Kier alpha value is -1.79. The summed E-state index contributed by atoms with van der Waals surface area (Å²) < 4.78 is 5.31. The molecule has 1 saturated heterocycles. The van der Waals surface area contributed by atoms with E-state index in [9.17, 15) is 5.11 Å². The van der Waals surface area contributed by atoms with Gasteiger partial charge in [-0.05, 0) is 25.0 Å². The fraction of sp³-hybridized carbons (Fsp3) is 0.500. The normalized spacial score (nSPS) is 20.3. The van der Waals surface area contributed by atoms with Crippen LogP contribution in [0.25, 0.3) is 0 Å². The second-order valence-corrected chi connectivity index (χ2v) is 6.26. The monoisotopic (exact) mass is 336 g/mol. The van der Waals surface area contributed by atoms with Gasteiger partial charge in [0.15, 0.2) is 0 Å². The zero-order valence-electron chi connectivity index (χ0n) is 12.9. The molecule has 23 heavy (non-hydrogen) atoms. The van der Waals surface area contributed by atoms with Crippen LogP contribution in [0.2, 0.25) is 5.15 Å². The molecule has 0 aromatic carbocycles. The van der Waals surface area contributed by atoms with Crippen LogP contribution in [-0.2, 0) is 0 Å². The Bertz CT molecular complexity index is 615. The van der Waals surface area contributed by atoms with Gasteiger partial charge in [-0.1, -0.05) is 24.4 Å². The number of nitrogens with two attached hydrogens (primary N) is 1. The lowest BCUT2D eigenvalue weighted by molar-refractivity contribution is 0.129. The van der Waals surface area contributed by atoms with Gasteiger partial charge in [-0.3, -0.25) is 0 Å². The standard InChI is InChI=1S/C16H21ClN4O2/c17-14-10-15(20-16(18)19-14)21-7-3-1-2-5-11(21)9-12(22)13-6-4-8-23-13/h4,6,8,10-12,22H,1-3,5,7,9H2,(H2,18,19,20)/t11-,12-/m0/s1. The lowest BCUT2D eigenvalue weighted by atomic mass is 10.0. The van der Waals surface area contributed by atoms with Gasteiger partial charge in [-0.25, -0.2) is 4.98 Å². The Morgan fingerprint density at radius 1 is 1.39 bits per heavy atom. The van der Waals surface area contributed by atoms with Gasteiger partial charge in [-0.2, -0.15) is 4.98 Å². The van der Waals surface area contributed by atoms with Crippen molar-refractivity contribution in [3.8, 4) is 0 Å². The largest absolute Gasteiger partial charge is 0.467 e. The maximum Gasteiger partial charge on any atom is 0.223 e. The van der Waals surface area contributed by atoms with E-state index < -0.39 is 6.10 Å². The molecule has 124 valence electrons. The van der Waals surface area contributed by atoms with Crippen LogP contribution in [0.1, 0.15) is 44.0 Å². The van der Waals surface area contributed by atoms with Crippen molar-refractivity contribution in [1.82, 2.24) is 9.97 Å². The van der Waals surface area contributed by atoms with Crippen LogP contribution < -0.4 is 10.6 Å². The first-order chi connectivity index (χ1) is 11.1. The highest BCUT2D eigenvalue weighted by Gasteiger charge is 2.26. The van der Waals surface area contributed by atoms with E-state index in [4.69, 9.17) is 21.8 Å². The molecule has 2 atom stereocenters. The average molecular weight is 337 g/mol. The second kappa shape index (κ2) is 7.19. The van der Waals surface area contributed by atoms with Gasteiger partial charge in [0.1, 0.15) is 22.8 Å². The van der Waals surface area contributed by atoms with Crippen LogP contribution in [0.4, 0.5) is 11.8 Å². The Balaban J connectivity index is 1.82. The number of aromatic nitrogens is 2. The minimum Gasteiger partial charge on any atom is -0.467 e. The molecular formula is C16H21ClN4O2. The van der Waals surface area contributed by atoms with E-state index in [1.165, 1.54) is 0 Å². The van der Waals surface area contributed by atoms with Crippen LogP contribution in [0.3, 0.4) is 0 Å². The summed E-state index contributed by atoms with van der Waals surface area (Å²) in [4.78, 5) is 10.4. The molecule has 3 rings (SSSR count). The van der Waals surface area contributed by atoms with Crippen molar-refractivity contribution >= 4 is 23.4 Å². The number of halogens is 1. The second-order valence-electron chi connectivity index (χ2n) is 5.87. The highest BCUT2D eigenvalue weighted by molar-refractivity contribution is 6.29. The zero-order valence-corrected chi connectivity index (χ0v) is 13.6. The van der Waals surface area contributed by atoms with Gasteiger partial charge in [0, 0.05) is 25.1 Å². The lowest BCUT2D eigenvalue weighted by Gasteiger charge is -2.32. The van der Waals surface area contributed by atoms with E-state index in [-0.39, 0.29) is 12.0 Å². The lowest BCUT2D eigenvalue weighted by Crippen LogP contribution is -2.37. The topological polar surface area (TPSA) is 88.4 Å². The molecular weight excluding hydrogens is 316 g/mol. The van der Waals surface area contributed by atoms with Gasteiger partial charge < -0.3 is 20.2 Å². The Morgan fingerprint density at radius 2 is 2.26 bits per heavy atom.